The van der Waals surface area contributed by atoms with E-state index >= 15 is 0 Å². The average molecular weight is 573 g/mol. The first-order chi connectivity index (χ1) is 19.7. The predicted molar refractivity (Wildman–Crippen MR) is 162 cm³/mol. The zero-order valence-corrected chi connectivity index (χ0v) is 25.1. The molecule has 8 rings (SSSR count). The molecule has 41 heavy (non-hydrogen) atoms. The van der Waals surface area contributed by atoms with Crippen LogP contribution in [0.4, 0.5) is 0 Å². The monoisotopic (exact) mass is 572 g/mol. The summed E-state index contributed by atoms with van der Waals surface area (Å²) in [5.74, 6) is -0.287. The Morgan fingerprint density at radius 3 is 2.46 bits per heavy atom. The number of hydrogen-bond acceptors (Lipinski definition) is 5. The fourth-order valence-electron chi connectivity index (χ4n) is 7.93. The summed E-state index contributed by atoms with van der Waals surface area (Å²) >= 11 is 6.21. The van der Waals surface area contributed by atoms with Crippen LogP contribution in [0.15, 0.2) is 48.0 Å². The molecule has 2 amide bonds. The Labute approximate surface area is 248 Å². The molecule has 2 aromatic carbocycles. The molecule has 3 unspecified atom stereocenters. The van der Waals surface area contributed by atoms with Crippen LogP contribution in [0.1, 0.15) is 74.6 Å². The van der Waals surface area contributed by atoms with Crippen molar-refractivity contribution in [3.8, 4) is 0 Å². The molecule has 1 aliphatic carbocycles. The summed E-state index contributed by atoms with van der Waals surface area (Å²) in [6, 6.07) is 16.4. The van der Waals surface area contributed by atoms with Gasteiger partial charge in [0.25, 0.3) is 0 Å². The number of nitrogens with zero attached hydrogens (tertiary/aromatic N) is 3. The smallest absolute Gasteiger partial charge is 0.243 e. The van der Waals surface area contributed by atoms with Crippen molar-refractivity contribution in [3.05, 3.63) is 75.3 Å². The van der Waals surface area contributed by atoms with E-state index < -0.39 is 0 Å². The van der Waals surface area contributed by atoms with Gasteiger partial charge < -0.3 is 0 Å². The number of halogens is 1. The number of rotatable bonds is 6. The van der Waals surface area contributed by atoms with Crippen LogP contribution in [0.2, 0.25) is 5.02 Å². The first-order valence-electron chi connectivity index (χ1n) is 15.3. The number of hydrogen-bond donors (Lipinski definition) is 1. The van der Waals surface area contributed by atoms with Gasteiger partial charge in [0, 0.05) is 62.8 Å². The van der Waals surface area contributed by atoms with Crippen LogP contribution < -0.4 is 5.32 Å². The van der Waals surface area contributed by atoms with E-state index in [0.29, 0.717) is 30.3 Å². The molecule has 0 saturated carbocycles. The third-order valence-electron chi connectivity index (χ3n) is 10.2. The highest BCUT2D eigenvalue weighted by molar-refractivity contribution is 6.30. The summed E-state index contributed by atoms with van der Waals surface area (Å²) in [6.07, 6.45) is 5.93. The molecule has 4 fully saturated rings. The topological polar surface area (TPSA) is 55.9 Å². The van der Waals surface area contributed by atoms with Crippen molar-refractivity contribution >= 4 is 29.0 Å². The molecule has 5 aliphatic heterocycles. The Hall–Kier alpha value is -2.51. The molecule has 216 valence electrons. The number of fused-ring (bicyclic) bond motifs is 3. The van der Waals surface area contributed by atoms with Gasteiger partial charge in [-0.25, -0.2) is 0 Å². The maximum absolute atomic E-state index is 12.4. The van der Waals surface area contributed by atoms with Crippen LogP contribution in [-0.2, 0) is 29.2 Å². The van der Waals surface area contributed by atoms with Crippen LogP contribution >= 0.6 is 11.6 Å². The van der Waals surface area contributed by atoms with E-state index in [4.69, 9.17) is 11.6 Å². The minimum atomic E-state index is -0.199. The standard InChI is InChI=1S/C34H41ClN4O2/c1-34(2)12-11-25(30(15-34)23-5-7-27(35)8-6-23)17-37-20-28-14-29(21-37)39(28)16-22-3-4-24-18-38(19-26(24)13-22)31-9-10-32(40)36-33(31)41/h3-8,13,28-29,31H,9-12,14-21H2,1-2H3,(H,36,40,41). The molecule has 2 bridgehead atoms. The number of piperazine rings is 1. The molecule has 4 saturated heterocycles. The Balaban J connectivity index is 0.987. The second-order valence-corrected chi connectivity index (χ2v) is 14.3. The summed E-state index contributed by atoms with van der Waals surface area (Å²) in [5.41, 5.74) is 8.87. The molecular formula is C34H41ClN4O2. The molecule has 6 aliphatic rings. The van der Waals surface area contributed by atoms with Gasteiger partial charge in [-0.1, -0.05) is 61.4 Å². The second-order valence-electron chi connectivity index (χ2n) is 13.8. The second kappa shape index (κ2) is 10.6. The molecule has 0 radical (unpaired) electrons. The Morgan fingerprint density at radius 1 is 0.951 bits per heavy atom. The number of allylic oxidation sites excluding steroid dienone is 1. The number of imide groups is 1. The number of carbonyl (C=O) groups is 2. The van der Waals surface area contributed by atoms with Crippen molar-refractivity contribution in [3.63, 3.8) is 0 Å². The maximum Gasteiger partial charge on any atom is 0.243 e. The number of nitrogens with one attached hydrogen (secondary N) is 1. The van der Waals surface area contributed by atoms with E-state index in [1.54, 1.807) is 11.1 Å². The van der Waals surface area contributed by atoms with Crippen molar-refractivity contribution in [1.82, 2.24) is 20.0 Å². The van der Waals surface area contributed by atoms with Crippen molar-refractivity contribution in [2.45, 2.75) is 90.1 Å². The van der Waals surface area contributed by atoms with Gasteiger partial charge >= 0.3 is 0 Å². The Bertz CT molecular complexity index is 1390. The van der Waals surface area contributed by atoms with Gasteiger partial charge in [-0.3, -0.25) is 29.6 Å². The summed E-state index contributed by atoms with van der Waals surface area (Å²) < 4.78 is 0. The van der Waals surface area contributed by atoms with Crippen molar-refractivity contribution < 1.29 is 9.59 Å². The Kier molecular flexibility index (Phi) is 7.09. The first kappa shape index (κ1) is 27.3. The summed E-state index contributed by atoms with van der Waals surface area (Å²) in [7, 11) is 0. The quantitative estimate of drug-likeness (QED) is 0.471. The number of benzene rings is 2. The van der Waals surface area contributed by atoms with Crippen LogP contribution in [0, 0.1) is 5.41 Å². The largest absolute Gasteiger partial charge is 0.296 e. The normalized spacial score (nSPS) is 28.4. The first-order valence-corrected chi connectivity index (χ1v) is 15.7. The molecule has 6 nitrogen and oxygen atoms in total. The predicted octanol–water partition coefficient (Wildman–Crippen LogP) is 5.38. The van der Waals surface area contributed by atoms with Gasteiger partial charge in [0.2, 0.25) is 11.8 Å². The highest BCUT2D eigenvalue weighted by Crippen LogP contribution is 2.44. The van der Waals surface area contributed by atoms with Gasteiger partial charge in [0.15, 0.2) is 0 Å². The minimum absolute atomic E-state index is 0.139. The third kappa shape index (κ3) is 5.52. The highest BCUT2D eigenvalue weighted by Gasteiger charge is 2.45. The summed E-state index contributed by atoms with van der Waals surface area (Å²) in [4.78, 5) is 31.6. The molecule has 5 heterocycles. The van der Waals surface area contributed by atoms with E-state index in [2.05, 4.69) is 64.2 Å². The van der Waals surface area contributed by atoms with Crippen LogP contribution in [0.5, 0.6) is 0 Å². The van der Waals surface area contributed by atoms with Gasteiger partial charge in [0.05, 0.1) is 6.04 Å². The Morgan fingerprint density at radius 2 is 1.71 bits per heavy atom. The minimum Gasteiger partial charge on any atom is -0.296 e. The van der Waals surface area contributed by atoms with Crippen LogP contribution in [0.25, 0.3) is 5.57 Å². The lowest BCUT2D eigenvalue weighted by Gasteiger charge is -2.57. The molecule has 0 aromatic heterocycles. The van der Waals surface area contributed by atoms with E-state index in [0.717, 1.165) is 50.7 Å². The lowest BCUT2D eigenvalue weighted by molar-refractivity contribution is -0.137. The lowest BCUT2D eigenvalue weighted by Crippen LogP contribution is -2.68. The highest BCUT2D eigenvalue weighted by atomic mass is 35.5. The molecule has 2 aromatic rings. The molecule has 0 spiro atoms. The van der Waals surface area contributed by atoms with Gasteiger partial charge in [-0.2, -0.15) is 0 Å². The molecular weight excluding hydrogens is 532 g/mol. The van der Waals surface area contributed by atoms with Crippen LogP contribution in [0.3, 0.4) is 0 Å². The van der Waals surface area contributed by atoms with Gasteiger partial charge in [-0.15, -0.1) is 0 Å². The number of amides is 2. The summed E-state index contributed by atoms with van der Waals surface area (Å²) in [6.45, 7) is 10.8. The third-order valence-corrected chi connectivity index (χ3v) is 10.5. The number of carbonyl (C=O) groups excluding carboxylic acids is 2. The SMILES string of the molecule is CC1(C)CCC(CN2CC3CC(C2)N3Cc2ccc3c(c2)CN(C2CCC(=O)NC2=O)C3)=C(c2ccc(Cl)cc2)C1. The average Bonchev–Trinajstić information content (AvgIpc) is 3.36. The van der Waals surface area contributed by atoms with E-state index in [1.165, 1.54) is 41.5 Å². The summed E-state index contributed by atoms with van der Waals surface area (Å²) in [5, 5.41) is 3.32. The van der Waals surface area contributed by atoms with Crippen molar-refractivity contribution in [2.24, 2.45) is 5.41 Å². The number of piperidine rings is 2. The van der Waals surface area contributed by atoms with Gasteiger partial charge in [0.1, 0.15) is 0 Å². The zero-order chi connectivity index (χ0) is 28.3. The fourth-order valence-corrected chi connectivity index (χ4v) is 8.06. The zero-order valence-electron chi connectivity index (χ0n) is 24.3. The maximum atomic E-state index is 12.4. The molecule has 3 atom stereocenters. The van der Waals surface area contributed by atoms with Crippen LogP contribution in [-0.4, -0.2) is 64.3 Å². The van der Waals surface area contributed by atoms with E-state index in [9.17, 15) is 9.59 Å². The van der Waals surface area contributed by atoms with E-state index in [1.807, 2.05) is 12.1 Å². The molecule has 1 N–H and O–H groups in total. The van der Waals surface area contributed by atoms with Crippen molar-refractivity contribution in [1.29, 1.82) is 0 Å². The van der Waals surface area contributed by atoms with Gasteiger partial charge in [-0.05, 0) is 77.5 Å². The lowest BCUT2D eigenvalue weighted by atomic mass is 9.72. The van der Waals surface area contributed by atoms with Crippen molar-refractivity contribution in [2.75, 3.05) is 19.6 Å². The molecule has 7 heteroatoms. The van der Waals surface area contributed by atoms with E-state index in [-0.39, 0.29) is 17.9 Å². The fraction of sp³-hybridized carbons (Fsp3) is 0.529.